The van der Waals surface area contributed by atoms with Crippen molar-refractivity contribution in [3.05, 3.63) is 206 Å². The highest BCUT2D eigenvalue weighted by Gasteiger charge is 2.21. The summed E-state index contributed by atoms with van der Waals surface area (Å²) in [4.78, 5) is 4.77. The summed E-state index contributed by atoms with van der Waals surface area (Å²) in [5.74, 6) is 0. The van der Waals surface area contributed by atoms with E-state index in [1.54, 1.807) is 0 Å². The van der Waals surface area contributed by atoms with E-state index in [2.05, 4.69) is 216 Å². The van der Waals surface area contributed by atoms with Gasteiger partial charge >= 0.3 is 0 Å². The topological polar surface area (TPSA) is 6.48 Å². The Morgan fingerprint density at radius 3 is 1.45 bits per heavy atom. The Morgan fingerprint density at radius 2 is 0.792 bits per heavy atom. The summed E-state index contributed by atoms with van der Waals surface area (Å²) < 4.78 is 2.63. The van der Waals surface area contributed by atoms with Gasteiger partial charge in [-0.2, -0.15) is 0 Å². The Morgan fingerprint density at radius 1 is 0.283 bits per heavy atom. The average Bonchev–Trinajstić information content (AvgIpc) is 3.62. The Hall–Kier alpha value is -6.68. The van der Waals surface area contributed by atoms with Crippen LogP contribution in [0.4, 0.5) is 34.1 Å². The summed E-state index contributed by atoms with van der Waals surface area (Å²) in [6, 6.07) is 74.6. The molecule has 1 heterocycles. The molecule has 250 valence electrons. The number of rotatable bonds is 7. The maximum absolute atomic E-state index is 2.40. The summed E-state index contributed by atoms with van der Waals surface area (Å²) in [5.41, 5.74) is 8.97. The van der Waals surface area contributed by atoms with Crippen LogP contribution in [0.1, 0.15) is 0 Å². The summed E-state index contributed by atoms with van der Waals surface area (Å²) in [6.07, 6.45) is 0. The van der Waals surface area contributed by atoms with Gasteiger partial charge in [0.15, 0.2) is 0 Å². The molecule has 0 N–H and O–H groups in total. The summed E-state index contributed by atoms with van der Waals surface area (Å²) in [6.45, 7) is 0. The van der Waals surface area contributed by atoms with Crippen LogP contribution in [0, 0.1) is 0 Å². The summed E-state index contributed by atoms with van der Waals surface area (Å²) >= 11 is 1.90. The Labute approximate surface area is 313 Å². The Kier molecular flexibility index (Phi) is 7.71. The molecule has 0 aliphatic heterocycles. The van der Waals surface area contributed by atoms with Gasteiger partial charge in [-0.15, -0.1) is 11.3 Å². The molecule has 0 fully saturated rings. The second-order valence-electron chi connectivity index (χ2n) is 13.4. The van der Waals surface area contributed by atoms with Crippen LogP contribution in [0.15, 0.2) is 206 Å². The van der Waals surface area contributed by atoms with E-state index in [-0.39, 0.29) is 0 Å². The van der Waals surface area contributed by atoms with Crippen molar-refractivity contribution in [2.45, 2.75) is 0 Å². The predicted octanol–water partition coefficient (Wildman–Crippen LogP) is 15.0. The van der Waals surface area contributed by atoms with Crippen molar-refractivity contribution in [1.29, 1.82) is 0 Å². The fourth-order valence-electron chi connectivity index (χ4n) is 7.70. The third-order valence-electron chi connectivity index (χ3n) is 10.2. The molecule has 10 rings (SSSR count). The molecule has 10 aromatic rings. The maximum Gasteiger partial charge on any atom is 0.0488 e. The first-order valence-corrected chi connectivity index (χ1v) is 18.8. The summed E-state index contributed by atoms with van der Waals surface area (Å²) in [5, 5.41) is 7.60. The minimum atomic E-state index is 1.08. The molecule has 0 aliphatic rings. The van der Waals surface area contributed by atoms with E-state index in [1.807, 2.05) is 11.3 Å². The zero-order valence-electron chi connectivity index (χ0n) is 28.9. The molecule has 0 amide bonds. The molecule has 0 aliphatic carbocycles. The monoisotopic (exact) mass is 694 g/mol. The molecule has 0 saturated carbocycles. The highest BCUT2D eigenvalue weighted by atomic mass is 32.1. The van der Waals surface area contributed by atoms with Gasteiger partial charge in [0.25, 0.3) is 0 Å². The van der Waals surface area contributed by atoms with E-state index in [0.717, 1.165) is 39.7 Å². The third-order valence-corrected chi connectivity index (χ3v) is 11.4. The van der Waals surface area contributed by atoms with Crippen molar-refractivity contribution in [1.82, 2.24) is 0 Å². The number of hydrogen-bond acceptors (Lipinski definition) is 3. The largest absolute Gasteiger partial charge is 0.310 e. The first kappa shape index (κ1) is 31.1. The van der Waals surface area contributed by atoms with Crippen LogP contribution in [0.5, 0.6) is 0 Å². The van der Waals surface area contributed by atoms with Gasteiger partial charge in [0, 0.05) is 54.3 Å². The number of anilines is 6. The zero-order valence-corrected chi connectivity index (χ0v) is 29.7. The van der Waals surface area contributed by atoms with Crippen molar-refractivity contribution < 1.29 is 0 Å². The van der Waals surface area contributed by atoms with E-state index >= 15 is 0 Å². The number of thiophene rings is 1. The zero-order chi connectivity index (χ0) is 35.1. The van der Waals surface area contributed by atoms with Crippen LogP contribution < -0.4 is 9.80 Å². The SMILES string of the molecule is c1ccc(N(c2ccccc2)c2cc(-c3cccc4c3sc3c5ccccc5ccc43)cc(N(c3ccccc3)c3ccc4ccccc4c3)c2)cc1. The fraction of sp³-hybridized carbons (Fsp3) is 0. The smallest absolute Gasteiger partial charge is 0.0488 e. The number of fused-ring (bicyclic) bond motifs is 6. The quantitative estimate of drug-likeness (QED) is 0.164. The van der Waals surface area contributed by atoms with E-state index in [4.69, 9.17) is 0 Å². The lowest BCUT2D eigenvalue weighted by molar-refractivity contribution is 1.25. The van der Waals surface area contributed by atoms with Crippen molar-refractivity contribution in [3.8, 4) is 11.1 Å². The van der Waals surface area contributed by atoms with Crippen molar-refractivity contribution >= 4 is 87.2 Å². The van der Waals surface area contributed by atoms with Gasteiger partial charge in [-0.05, 0) is 99.4 Å². The average molecular weight is 695 g/mol. The van der Waals surface area contributed by atoms with Crippen molar-refractivity contribution in [2.24, 2.45) is 0 Å². The van der Waals surface area contributed by atoms with Crippen molar-refractivity contribution in [3.63, 3.8) is 0 Å². The normalized spacial score (nSPS) is 11.4. The van der Waals surface area contributed by atoms with Crippen LogP contribution in [0.25, 0.3) is 52.8 Å². The van der Waals surface area contributed by atoms with Crippen LogP contribution in [-0.4, -0.2) is 0 Å². The molecule has 3 heteroatoms. The standard InChI is InChI=1S/C50H34N2S/c1-4-18-39(19-5-1)51(40-20-6-2-7-21-40)43-32-38(46-25-14-26-47-48-30-28-36-16-12-13-24-45(36)49(48)53-50(46)47)33-44(34-43)52(41-22-8-3-9-23-41)42-29-27-35-15-10-11-17-37(35)31-42/h1-34H. The second kappa shape index (κ2) is 13.1. The van der Waals surface area contributed by atoms with E-state index in [0.29, 0.717) is 0 Å². The minimum absolute atomic E-state index is 1.08. The van der Waals surface area contributed by atoms with Gasteiger partial charge in [0.1, 0.15) is 0 Å². The Bertz CT molecular complexity index is 2860. The van der Waals surface area contributed by atoms with E-state index in [1.165, 1.54) is 47.3 Å². The highest BCUT2D eigenvalue weighted by molar-refractivity contribution is 7.27. The van der Waals surface area contributed by atoms with E-state index < -0.39 is 0 Å². The molecule has 0 spiro atoms. The molecule has 2 nitrogen and oxygen atoms in total. The Balaban J connectivity index is 1.27. The number of hydrogen-bond donors (Lipinski definition) is 0. The van der Waals surface area contributed by atoms with Crippen LogP contribution in [-0.2, 0) is 0 Å². The number of nitrogens with zero attached hydrogens (tertiary/aromatic N) is 2. The van der Waals surface area contributed by atoms with Gasteiger partial charge in [-0.1, -0.05) is 140 Å². The van der Waals surface area contributed by atoms with Gasteiger partial charge in [-0.3, -0.25) is 0 Å². The van der Waals surface area contributed by atoms with Gasteiger partial charge in [-0.25, -0.2) is 0 Å². The predicted molar refractivity (Wildman–Crippen MR) is 229 cm³/mol. The lowest BCUT2D eigenvalue weighted by Crippen LogP contribution is -2.13. The van der Waals surface area contributed by atoms with Crippen LogP contribution in [0.2, 0.25) is 0 Å². The van der Waals surface area contributed by atoms with Crippen molar-refractivity contribution in [2.75, 3.05) is 9.80 Å². The maximum atomic E-state index is 2.40. The molecule has 53 heavy (non-hydrogen) atoms. The second-order valence-corrected chi connectivity index (χ2v) is 14.4. The molecule has 0 radical (unpaired) electrons. The molecule has 9 aromatic carbocycles. The first-order chi connectivity index (χ1) is 26.3. The van der Waals surface area contributed by atoms with Gasteiger partial charge in [0.2, 0.25) is 0 Å². The first-order valence-electron chi connectivity index (χ1n) is 18.0. The highest BCUT2D eigenvalue weighted by Crippen LogP contribution is 2.47. The van der Waals surface area contributed by atoms with Gasteiger partial charge in [0.05, 0.1) is 0 Å². The lowest BCUT2D eigenvalue weighted by atomic mass is 9.99. The van der Waals surface area contributed by atoms with E-state index in [9.17, 15) is 0 Å². The molecular formula is C50H34N2S. The molecule has 0 atom stereocenters. The molecule has 0 saturated heterocycles. The molecule has 0 unspecified atom stereocenters. The molecule has 0 bridgehead atoms. The molecular weight excluding hydrogens is 661 g/mol. The van der Waals surface area contributed by atoms with Crippen LogP contribution >= 0.6 is 11.3 Å². The third kappa shape index (κ3) is 5.59. The fourth-order valence-corrected chi connectivity index (χ4v) is 9.08. The van der Waals surface area contributed by atoms with Crippen LogP contribution in [0.3, 0.4) is 0 Å². The number of para-hydroxylation sites is 3. The lowest BCUT2D eigenvalue weighted by Gasteiger charge is -2.30. The summed E-state index contributed by atoms with van der Waals surface area (Å²) in [7, 11) is 0. The number of benzene rings is 9. The minimum Gasteiger partial charge on any atom is -0.310 e. The molecule has 1 aromatic heterocycles. The van der Waals surface area contributed by atoms with Gasteiger partial charge < -0.3 is 9.80 Å².